The van der Waals surface area contributed by atoms with E-state index < -0.39 is 80.4 Å². The molecule has 2 aromatic heterocycles. The standard InChI is InChI=1S/C19H25N4O12P/c1-9-6-23(19(29)21-17(9)27)16-5-11(13(8-25)33-16)35-36(30,31)34-10-4-15(32-12(10)7-24)22-3-2-14(26)20-18(22)28/h2-3,6,10-13,15-16,24-25H,4-5,7-8H2,1H3,(H,30,31)(H,20,26,28)(H,21,27,29). The van der Waals surface area contributed by atoms with Gasteiger partial charge in [0.25, 0.3) is 11.1 Å². The van der Waals surface area contributed by atoms with E-state index in [1.807, 2.05) is 0 Å². The SMILES string of the molecule is Cc1cn(C2CC(OP(=O)(O)OC3CC(n4ccc(=O)[nH]c4=O)OC3CO)C(CO)O2)c(=O)[nH]c1=O. The molecule has 5 N–H and O–H groups in total. The summed E-state index contributed by atoms with van der Waals surface area (Å²) in [5.74, 6) is 0. The summed E-state index contributed by atoms with van der Waals surface area (Å²) in [5.41, 5.74) is -2.51. The minimum Gasteiger partial charge on any atom is -0.394 e. The zero-order valence-electron chi connectivity index (χ0n) is 18.9. The van der Waals surface area contributed by atoms with Gasteiger partial charge in [-0.2, -0.15) is 0 Å². The Morgan fingerprint density at radius 1 is 0.972 bits per heavy atom. The second-order valence-electron chi connectivity index (χ2n) is 8.35. The van der Waals surface area contributed by atoms with Gasteiger partial charge >= 0.3 is 19.2 Å². The summed E-state index contributed by atoms with van der Waals surface area (Å²) in [5, 5.41) is 19.3. The molecule has 0 amide bonds. The van der Waals surface area contributed by atoms with Crippen LogP contribution in [0.2, 0.25) is 0 Å². The average Bonchev–Trinajstić information content (AvgIpc) is 3.38. The Bertz CT molecular complexity index is 1380. The zero-order chi connectivity index (χ0) is 26.2. The fourth-order valence-corrected chi connectivity index (χ4v) is 5.29. The van der Waals surface area contributed by atoms with Gasteiger partial charge in [0, 0.05) is 36.9 Å². The van der Waals surface area contributed by atoms with E-state index in [1.165, 1.54) is 19.3 Å². The van der Waals surface area contributed by atoms with Gasteiger partial charge in [0.2, 0.25) is 0 Å². The van der Waals surface area contributed by atoms with Crippen LogP contribution in [0.25, 0.3) is 0 Å². The van der Waals surface area contributed by atoms with Crippen molar-refractivity contribution in [2.45, 2.75) is 56.6 Å². The average molecular weight is 532 g/mol. The van der Waals surface area contributed by atoms with Crippen LogP contribution in [-0.4, -0.2) is 71.8 Å². The summed E-state index contributed by atoms with van der Waals surface area (Å²) in [6.07, 6.45) is -4.39. The highest BCUT2D eigenvalue weighted by Crippen LogP contribution is 2.51. The summed E-state index contributed by atoms with van der Waals surface area (Å²) in [6.45, 7) is 0.259. The quantitative estimate of drug-likeness (QED) is 0.229. The molecule has 0 bridgehead atoms. The van der Waals surface area contributed by atoms with Gasteiger partial charge < -0.3 is 24.6 Å². The molecule has 17 heteroatoms. The van der Waals surface area contributed by atoms with Crippen LogP contribution in [0, 0.1) is 6.92 Å². The number of aliphatic hydroxyl groups excluding tert-OH is 2. The molecule has 0 radical (unpaired) electrons. The van der Waals surface area contributed by atoms with E-state index in [0.29, 0.717) is 0 Å². The van der Waals surface area contributed by atoms with Gasteiger partial charge in [-0.1, -0.05) is 0 Å². The molecule has 0 spiro atoms. The second-order valence-corrected chi connectivity index (χ2v) is 9.71. The minimum absolute atomic E-state index is 0.134. The molecule has 0 aromatic carbocycles. The number of rotatable bonds is 8. The van der Waals surface area contributed by atoms with Gasteiger partial charge in [0.05, 0.1) is 13.2 Å². The van der Waals surface area contributed by atoms with Crippen molar-refractivity contribution in [2.75, 3.05) is 13.2 Å². The molecule has 4 heterocycles. The van der Waals surface area contributed by atoms with Crippen LogP contribution in [0.5, 0.6) is 0 Å². The summed E-state index contributed by atoms with van der Waals surface area (Å²) < 4.78 is 36.5. The van der Waals surface area contributed by atoms with E-state index in [9.17, 15) is 38.8 Å². The summed E-state index contributed by atoms with van der Waals surface area (Å²) in [7, 11) is -4.85. The van der Waals surface area contributed by atoms with Crippen molar-refractivity contribution in [3.63, 3.8) is 0 Å². The Balaban J connectivity index is 1.47. The predicted molar refractivity (Wildman–Crippen MR) is 118 cm³/mol. The lowest BCUT2D eigenvalue weighted by atomic mass is 10.2. The van der Waals surface area contributed by atoms with Crippen LogP contribution in [0.3, 0.4) is 0 Å². The van der Waals surface area contributed by atoms with Crippen LogP contribution in [0.15, 0.2) is 37.6 Å². The highest BCUT2D eigenvalue weighted by molar-refractivity contribution is 7.47. The van der Waals surface area contributed by atoms with Crippen molar-refractivity contribution in [3.05, 3.63) is 65.7 Å². The molecule has 2 fully saturated rings. The molecule has 2 aliphatic rings. The lowest BCUT2D eigenvalue weighted by Crippen LogP contribution is -2.33. The van der Waals surface area contributed by atoms with E-state index in [-0.39, 0.29) is 18.4 Å². The zero-order valence-corrected chi connectivity index (χ0v) is 19.8. The van der Waals surface area contributed by atoms with Crippen molar-refractivity contribution in [1.82, 2.24) is 19.1 Å². The van der Waals surface area contributed by atoms with Gasteiger partial charge in [0.1, 0.15) is 36.9 Å². The van der Waals surface area contributed by atoms with Gasteiger partial charge in [-0.25, -0.2) is 14.2 Å². The number of aromatic nitrogens is 4. The van der Waals surface area contributed by atoms with E-state index >= 15 is 0 Å². The van der Waals surface area contributed by atoms with Crippen molar-refractivity contribution in [2.24, 2.45) is 0 Å². The maximum Gasteiger partial charge on any atom is 0.472 e. The van der Waals surface area contributed by atoms with E-state index in [2.05, 4.69) is 9.97 Å². The lowest BCUT2D eigenvalue weighted by Gasteiger charge is -2.23. The fourth-order valence-electron chi connectivity index (χ4n) is 4.11. The molecule has 198 valence electrons. The first-order valence-corrected chi connectivity index (χ1v) is 12.4. The largest absolute Gasteiger partial charge is 0.472 e. The number of nitrogens with one attached hydrogen (secondary N) is 2. The molecule has 2 aromatic rings. The summed E-state index contributed by atoms with van der Waals surface area (Å²) in [4.78, 5) is 61.7. The van der Waals surface area contributed by atoms with Gasteiger partial charge in [-0.05, 0) is 6.92 Å². The number of aromatic amines is 2. The Morgan fingerprint density at radius 2 is 1.50 bits per heavy atom. The Kier molecular flexibility index (Phi) is 7.59. The maximum absolute atomic E-state index is 12.8. The van der Waals surface area contributed by atoms with Gasteiger partial charge in [-0.3, -0.25) is 37.7 Å². The molecule has 0 aliphatic carbocycles. The molecule has 7 unspecified atom stereocenters. The minimum atomic E-state index is -4.85. The van der Waals surface area contributed by atoms with Crippen LogP contribution < -0.4 is 22.5 Å². The molecule has 7 atom stereocenters. The molecular weight excluding hydrogens is 507 g/mol. The predicted octanol–water partition coefficient (Wildman–Crippen LogP) is -2.17. The van der Waals surface area contributed by atoms with Crippen LogP contribution in [0.4, 0.5) is 0 Å². The third kappa shape index (κ3) is 5.50. The van der Waals surface area contributed by atoms with Crippen LogP contribution in [0.1, 0.15) is 30.9 Å². The molecule has 2 saturated heterocycles. The number of hydrogen-bond acceptors (Lipinski definition) is 11. The third-order valence-corrected chi connectivity index (χ3v) is 6.95. The molecular formula is C19H25N4O12P. The normalized spacial score (nSPS) is 29.9. The Hall–Kier alpha value is -2.69. The number of aliphatic hydroxyl groups is 2. The van der Waals surface area contributed by atoms with Gasteiger partial charge in [-0.15, -0.1) is 0 Å². The summed E-state index contributed by atoms with van der Waals surface area (Å²) in [6, 6.07) is 1.09. The van der Waals surface area contributed by atoms with Crippen LogP contribution >= 0.6 is 7.82 Å². The molecule has 36 heavy (non-hydrogen) atoms. The Labute approximate surface area is 201 Å². The number of hydrogen-bond donors (Lipinski definition) is 5. The lowest BCUT2D eigenvalue weighted by molar-refractivity contribution is -0.0569. The van der Waals surface area contributed by atoms with Gasteiger partial charge in [0.15, 0.2) is 0 Å². The van der Waals surface area contributed by atoms with Crippen molar-refractivity contribution in [3.8, 4) is 0 Å². The number of phosphoric ester groups is 1. The van der Waals surface area contributed by atoms with Crippen molar-refractivity contribution in [1.29, 1.82) is 0 Å². The number of phosphoric acid groups is 1. The first-order chi connectivity index (χ1) is 17.0. The fraction of sp³-hybridized carbons (Fsp3) is 0.579. The smallest absolute Gasteiger partial charge is 0.394 e. The van der Waals surface area contributed by atoms with Crippen molar-refractivity contribution < 1.29 is 38.2 Å². The highest BCUT2D eigenvalue weighted by Gasteiger charge is 2.45. The van der Waals surface area contributed by atoms with Crippen molar-refractivity contribution >= 4 is 7.82 Å². The van der Waals surface area contributed by atoms with E-state index in [0.717, 1.165) is 15.2 Å². The molecule has 16 nitrogen and oxygen atoms in total. The van der Waals surface area contributed by atoms with E-state index in [1.54, 1.807) is 0 Å². The molecule has 2 aliphatic heterocycles. The third-order valence-electron chi connectivity index (χ3n) is 5.88. The maximum atomic E-state index is 12.8. The molecule has 4 rings (SSSR count). The molecule has 0 saturated carbocycles. The second kappa shape index (κ2) is 10.4. The highest BCUT2D eigenvalue weighted by atomic mass is 31.2. The topological polar surface area (TPSA) is 224 Å². The number of nitrogens with zero attached hydrogens (tertiary/aromatic N) is 2. The first-order valence-electron chi connectivity index (χ1n) is 10.9. The van der Waals surface area contributed by atoms with Crippen LogP contribution in [-0.2, 0) is 23.1 Å². The number of H-pyrrole nitrogens is 2. The Morgan fingerprint density at radius 3 is 2.03 bits per heavy atom. The van der Waals surface area contributed by atoms with E-state index in [4.69, 9.17) is 18.5 Å². The monoisotopic (exact) mass is 532 g/mol. The number of ether oxygens (including phenoxy) is 2. The number of aryl methyl sites for hydroxylation is 1. The first kappa shape index (κ1) is 26.4. The summed E-state index contributed by atoms with van der Waals surface area (Å²) >= 11 is 0.